The third-order valence-corrected chi connectivity index (χ3v) is 4.01. The Morgan fingerprint density at radius 3 is 2.74 bits per heavy atom. The largest absolute Gasteiger partial charge is 0.495 e. The van der Waals surface area contributed by atoms with Crippen molar-refractivity contribution in [3.8, 4) is 18.1 Å². The second kappa shape index (κ2) is 7.02. The van der Waals surface area contributed by atoms with Crippen LogP contribution in [-0.2, 0) is 10.0 Å². The number of terminal acetylenes is 1. The van der Waals surface area contributed by atoms with Gasteiger partial charge in [-0.25, -0.2) is 13.1 Å². The molecule has 0 aliphatic rings. The molecule has 0 spiro atoms. The predicted molar refractivity (Wildman–Crippen MR) is 75.3 cm³/mol. The Morgan fingerprint density at radius 2 is 2.16 bits per heavy atom. The molecule has 1 aromatic carbocycles. The van der Waals surface area contributed by atoms with Gasteiger partial charge >= 0.3 is 0 Å². The molecule has 3 N–H and O–H groups in total. The lowest BCUT2D eigenvalue weighted by molar-refractivity contribution is 0.416. The summed E-state index contributed by atoms with van der Waals surface area (Å²) < 4.78 is 31.4. The van der Waals surface area contributed by atoms with E-state index in [9.17, 15) is 8.42 Å². The van der Waals surface area contributed by atoms with Crippen molar-refractivity contribution >= 4 is 15.7 Å². The van der Waals surface area contributed by atoms with Gasteiger partial charge in [-0.3, -0.25) is 0 Å². The number of anilines is 1. The Bertz CT molecular complexity index is 562. The lowest BCUT2D eigenvalue weighted by atomic mass is 10.2. The van der Waals surface area contributed by atoms with Gasteiger partial charge in [-0.05, 0) is 31.0 Å². The highest BCUT2D eigenvalue weighted by Gasteiger charge is 2.14. The van der Waals surface area contributed by atoms with Gasteiger partial charge in [0, 0.05) is 13.0 Å². The lowest BCUT2D eigenvalue weighted by Gasteiger charge is -2.09. The first-order valence-electron chi connectivity index (χ1n) is 5.88. The zero-order valence-electron chi connectivity index (χ0n) is 10.8. The molecule has 19 heavy (non-hydrogen) atoms. The Labute approximate surface area is 114 Å². The van der Waals surface area contributed by atoms with Crippen molar-refractivity contribution in [3.63, 3.8) is 0 Å². The van der Waals surface area contributed by atoms with Crippen LogP contribution in [0.4, 0.5) is 5.69 Å². The minimum Gasteiger partial charge on any atom is -0.495 e. The summed E-state index contributed by atoms with van der Waals surface area (Å²) in [6.07, 6.45) is 7.27. The smallest absolute Gasteiger partial charge is 0.240 e. The minimum absolute atomic E-state index is 0.128. The molecule has 0 bridgehead atoms. The van der Waals surface area contributed by atoms with Crippen LogP contribution in [-0.4, -0.2) is 22.1 Å². The van der Waals surface area contributed by atoms with Crippen molar-refractivity contribution in [2.75, 3.05) is 19.4 Å². The molecular formula is C13H18N2O3S. The quantitative estimate of drug-likeness (QED) is 0.449. The first-order chi connectivity index (χ1) is 9.01. The van der Waals surface area contributed by atoms with Gasteiger partial charge in [0.05, 0.1) is 17.7 Å². The number of nitrogens with one attached hydrogen (secondary N) is 1. The number of hydrogen-bond acceptors (Lipinski definition) is 4. The fraction of sp³-hybridized carbons (Fsp3) is 0.385. The van der Waals surface area contributed by atoms with Gasteiger partial charge in [-0.2, -0.15) is 0 Å². The Kier molecular flexibility index (Phi) is 5.67. The van der Waals surface area contributed by atoms with Gasteiger partial charge in [-0.15, -0.1) is 12.3 Å². The van der Waals surface area contributed by atoms with Crippen LogP contribution in [0.3, 0.4) is 0 Å². The summed E-state index contributed by atoms with van der Waals surface area (Å²) in [5.74, 6) is 2.96. The normalized spacial score (nSPS) is 10.9. The van der Waals surface area contributed by atoms with Gasteiger partial charge in [0.15, 0.2) is 0 Å². The molecule has 0 aliphatic carbocycles. The van der Waals surface area contributed by atoms with Crippen molar-refractivity contribution in [1.29, 1.82) is 0 Å². The number of nitrogen functional groups attached to an aromatic ring is 1. The van der Waals surface area contributed by atoms with Crippen molar-refractivity contribution in [3.05, 3.63) is 18.2 Å². The molecule has 0 saturated carbocycles. The van der Waals surface area contributed by atoms with Gasteiger partial charge in [-0.1, -0.05) is 0 Å². The van der Waals surface area contributed by atoms with Crippen LogP contribution in [0, 0.1) is 12.3 Å². The average Bonchev–Trinajstić information content (AvgIpc) is 2.38. The first-order valence-corrected chi connectivity index (χ1v) is 7.36. The van der Waals surface area contributed by atoms with Crippen LogP contribution in [0.5, 0.6) is 5.75 Å². The monoisotopic (exact) mass is 282 g/mol. The number of methoxy groups -OCH3 is 1. The number of ether oxygens (including phenoxy) is 1. The van der Waals surface area contributed by atoms with Crippen molar-refractivity contribution in [2.45, 2.75) is 24.2 Å². The van der Waals surface area contributed by atoms with Crippen molar-refractivity contribution < 1.29 is 13.2 Å². The van der Waals surface area contributed by atoms with Crippen molar-refractivity contribution in [1.82, 2.24) is 4.72 Å². The summed E-state index contributed by atoms with van der Waals surface area (Å²) in [6, 6.07) is 4.36. The highest BCUT2D eigenvalue weighted by Crippen LogP contribution is 2.24. The number of unbranched alkanes of at least 4 members (excludes halogenated alkanes) is 2. The Morgan fingerprint density at radius 1 is 1.42 bits per heavy atom. The van der Waals surface area contributed by atoms with E-state index in [-0.39, 0.29) is 10.6 Å². The predicted octanol–water partition coefficient (Wildman–Crippen LogP) is 1.36. The van der Waals surface area contributed by atoms with Gasteiger partial charge in [0.2, 0.25) is 10.0 Å². The number of sulfonamides is 1. The fourth-order valence-electron chi connectivity index (χ4n) is 1.52. The topological polar surface area (TPSA) is 81.4 Å². The molecule has 0 radical (unpaired) electrons. The second-order valence-corrected chi connectivity index (χ2v) is 5.73. The maximum Gasteiger partial charge on any atom is 0.240 e. The zero-order valence-corrected chi connectivity index (χ0v) is 11.7. The molecule has 0 atom stereocenters. The van der Waals surface area contributed by atoms with E-state index in [1.54, 1.807) is 0 Å². The lowest BCUT2D eigenvalue weighted by Crippen LogP contribution is -2.24. The molecule has 104 valence electrons. The average molecular weight is 282 g/mol. The molecule has 0 fully saturated rings. The number of rotatable bonds is 7. The van der Waals surface area contributed by atoms with Gasteiger partial charge in [0.1, 0.15) is 5.75 Å². The van der Waals surface area contributed by atoms with Crippen LogP contribution in [0.1, 0.15) is 19.3 Å². The Hall–Kier alpha value is -1.71. The summed E-state index contributed by atoms with van der Waals surface area (Å²) in [5, 5.41) is 0. The molecule has 1 aromatic rings. The first kappa shape index (κ1) is 15.3. The summed E-state index contributed by atoms with van der Waals surface area (Å²) in [7, 11) is -2.06. The van der Waals surface area contributed by atoms with E-state index in [2.05, 4.69) is 10.6 Å². The van der Waals surface area contributed by atoms with E-state index in [1.165, 1.54) is 25.3 Å². The van der Waals surface area contributed by atoms with E-state index < -0.39 is 10.0 Å². The number of hydrogen-bond donors (Lipinski definition) is 2. The summed E-state index contributed by atoms with van der Waals surface area (Å²) >= 11 is 0. The summed E-state index contributed by atoms with van der Waals surface area (Å²) in [6.45, 7) is 0.357. The standard InChI is InChI=1S/C13H18N2O3S/c1-3-4-5-6-9-15-19(16,17)11-7-8-13(18-2)12(14)10-11/h1,7-8,10,15H,4-6,9,14H2,2H3. The molecule has 0 amide bonds. The number of nitrogens with two attached hydrogens (primary N) is 1. The SMILES string of the molecule is C#CCCCCNS(=O)(=O)c1ccc(OC)c(N)c1. The van der Waals surface area contributed by atoms with Gasteiger partial charge < -0.3 is 10.5 Å². The van der Waals surface area contributed by atoms with Crippen LogP contribution >= 0.6 is 0 Å². The third-order valence-electron chi connectivity index (χ3n) is 2.55. The van der Waals surface area contributed by atoms with Crippen molar-refractivity contribution in [2.24, 2.45) is 0 Å². The molecule has 0 aromatic heterocycles. The fourth-order valence-corrected chi connectivity index (χ4v) is 2.63. The molecule has 0 saturated heterocycles. The molecule has 1 rings (SSSR count). The minimum atomic E-state index is -3.53. The maximum atomic E-state index is 12.0. The maximum absolute atomic E-state index is 12.0. The molecule has 6 heteroatoms. The van der Waals surface area contributed by atoms with Gasteiger partial charge in [0.25, 0.3) is 0 Å². The van der Waals surface area contributed by atoms with E-state index in [4.69, 9.17) is 16.9 Å². The second-order valence-electron chi connectivity index (χ2n) is 3.96. The summed E-state index contributed by atoms with van der Waals surface area (Å²) in [4.78, 5) is 0.128. The van der Waals surface area contributed by atoms with Crippen LogP contribution in [0.2, 0.25) is 0 Å². The van der Waals surface area contributed by atoms with E-state index in [0.29, 0.717) is 25.1 Å². The van der Waals surface area contributed by atoms with E-state index in [1.807, 2.05) is 0 Å². The molecule has 5 nitrogen and oxygen atoms in total. The van der Waals surface area contributed by atoms with Crippen LogP contribution in [0.15, 0.2) is 23.1 Å². The number of benzene rings is 1. The third kappa shape index (κ3) is 4.47. The highest BCUT2D eigenvalue weighted by molar-refractivity contribution is 7.89. The zero-order chi connectivity index (χ0) is 14.3. The summed E-state index contributed by atoms with van der Waals surface area (Å²) in [5.41, 5.74) is 5.97. The Balaban J connectivity index is 2.67. The van der Waals surface area contributed by atoms with Crippen LogP contribution < -0.4 is 15.2 Å². The molecule has 0 heterocycles. The highest BCUT2D eigenvalue weighted by atomic mass is 32.2. The molecule has 0 aliphatic heterocycles. The van der Waals surface area contributed by atoms with Crippen LogP contribution in [0.25, 0.3) is 0 Å². The molecular weight excluding hydrogens is 264 g/mol. The van der Waals surface area contributed by atoms with E-state index >= 15 is 0 Å². The molecule has 0 unspecified atom stereocenters. The van der Waals surface area contributed by atoms with E-state index in [0.717, 1.165) is 6.42 Å².